The molecule has 6 heteroatoms. The van der Waals surface area contributed by atoms with Crippen LogP contribution in [0.3, 0.4) is 0 Å². The average Bonchev–Trinajstić information content (AvgIpc) is 3.25. The van der Waals surface area contributed by atoms with Crippen LogP contribution < -0.4 is 14.8 Å². The molecule has 6 nitrogen and oxygen atoms in total. The number of aromatic nitrogens is 1. The average molecular weight is 457 g/mol. The summed E-state index contributed by atoms with van der Waals surface area (Å²) in [4.78, 5) is 17.1. The summed E-state index contributed by atoms with van der Waals surface area (Å²) in [6.45, 7) is 8.20. The monoisotopic (exact) mass is 456 g/mol. The summed E-state index contributed by atoms with van der Waals surface area (Å²) in [6.07, 6.45) is 3.33. The van der Waals surface area contributed by atoms with Crippen LogP contribution in [0.15, 0.2) is 65.3 Å². The van der Waals surface area contributed by atoms with Crippen molar-refractivity contribution in [3.05, 3.63) is 77.7 Å². The van der Waals surface area contributed by atoms with Gasteiger partial charge in [-0.1, -0.05) is 18.2 Å². The van der Waals surface area contributed by atoms with Crippen LogP contribution in [0.25, 0.3) is 27.7 Å². The standard InChI is InChI=1S/C28H28N2O4/c1-6-33-27-19(4)28-23(24(16-34-28)20-10-12-21(32-5)13-11-20)15-22(27)17(2)14-26(31)30-25-9-7-8-18(3)29-25/h7-16H,6H2,1-5H3,(H,29,30,31)/b17-14+. The van der Waals surface area contributed by atoms with Crippen LogP contribution in [-0.4, -0.2) is 24.6 Å². The SMILES string of the molecule is CCOc1c(/C(C)=C/C(=O)Nc2cccc(C)n2)cc2c(-c3ccc(OC)cc3)coc2c1C. The second-order valence-corrected chi connectivity index (χ2v) is 8.05. The van der Waals surface area contributed by atoms with Gasteiger partial charge in [-0.15, -0.1) is 0 Å². The number of nitrogens with one attached hydrogen (secondary N) is 1. The van der Waals surface area contributed by atoms with Crippen molar-refractivity contribution in [2.45, 2.75) is 27.7 Å². The Bertz CT molecular complexity index is 1370. The number of hydrogen-bond acceptors (Lipinski definition) is 5. The second kappa shape index (κ2) is 9.83. The fourth-order valence-corrected chi connectivity index (χ4v) is 3.98. The molecule has 0 atom stereocenters. The predicted molar refractivity (Wildman–Crippen MR) is 135 cm³/mol. The number of allylic oxidation sites excluding steroid dienone is 1. The summed E-state index contributed by atoms with van der Waals surface area (Å²) in [5, 5.41) is 3.79. The van der Waals surface area contributed by atoms with Gasteiger partial charge in [0.15, 0.2) is 0 Å². The van der Waals surface area contributed by atoms with Gasteiger partial charge < -0.3 is 19.2 Å². The van der Waals surface area contributed by atoms with Gasteiger partial charge in [0.1, 0.15) is 22.9 Å². The molecule has 0 spiro atoms. The second-order valence-electron chi connectivity index (χ2n) is 8.05. The highest BCUT2D eigenvalue weighted by molar-refractivity contribution is 6.05. The van der Waals surface area contributed by atoms with Crippen molar-refractivity contribution in [1.82, 2.24) is 4.98 Å². The topological polar surface area (TPSA) is 73.6 Å². The van der Waals surface area contributed by atoms with E-state index in [4.69, 9.17) is 13.9 Å². The number of methoxy groups -OCH3 is 1. The van der Waals surface area contributed by atoms with Gasteiger partial charge in [-0.2, -0.15) is 0 Å². The van der Waals surface area contributed by atoms with Crippen LogP contribution in [0.4, 0.5) is 5.82 Å². The minimum atomic E-state index is -0.252. The fraction of sp³-hybridized carbons (Fsp3) is 0.214. The predicted octanol–water partition coefficient (Wildman–Crippen LogP) is 6.56. The fourth-order valence-electron chi connectivity index (χ4n) is 3.98. The van der Waals surface area contributed by atoms with Gasteiger partial charge in [0, 0.05) is 33.8 Å². The smallest absolute Gasteiger partial charge is 0.249 e. The largest absolute Gasteiger partial charge is 0.497 e. The molecule has 1 N–H and O–H groups in total. The molecule has 0 aliphatic carbocycles. The van der Waals surface area contributed by atoms with Crippen LogP contribution in [-0.2, 0) is 4.79 Å². The van der Waals surface area contributed by atoms with Crippen molar-refractivity contribution >= 4 is 28.3 Å². The van der Waals surface area contributed by atoms with Gasteiger partial charge >= 0.3 is 0 Å². The van der Waals surface area contributed by atoms with Crippen molar-refractivity contribution in [2.24, 2.45) is 0 Å². The van der Waals surface area contributed by atoms with E-state index in [2.05, 4.69) is 10.3 Å². The van der Waals surface area contributed by atoms with Gasteiger partial charge in [-0.3, -0.25) is 4.79 Å². The van der Waals surface area contributed by atoms with E-state index in [1.54, 1.807) is 25.5 Å². The number of aryl methyl sites for hydroxylation is 2. The van der Waals surface area contributed by atoms with Crippen LogP contribution in [0.1, 0.15) is 30.7 Å². The minimum absolute atomic E-state index is 0.252. The van der Waals surface area contributed by atoms with Crippen LogP contribution in [0, 0.1) is 13.8 Å². The number of fused-ring (bicyclic) bond motifs is 1. The van der Waals surface area contributed by atoms with E-state index in [0.29, 0.717) is 18.2 Å². The maximum Gasteiger partial charge on any atom is 0.249 e. The normalized spacial score (nSPS) is 11.5. The van der Waals surface area contributed by atoms with E-state index in [-0.39, 0.29) is 5.91 Å². The zero-order valence-electron chi connectivity index (χ0n) is 20.1. The number of ether oxygens (including phenoxy) is 2. The molecule has 0 unspecified atom stereocenters. The summed E-state index contributed by atoms with van der Waals surface area (Å²) >= 11 is 0. The maximum absolute atomic E-state index is 12.7. The molecule has 1 amide bonds. The highest BCUT2D eigenvalue weighted by Gasteiger charge is 2.19. The third-order valence-corrected chi connectivity index (χ3v) is 5.65. The van der Waals surface area contributed by atoms with Gasteiger partial charge in [-0.25, -0.2) is 4.98 Å². The molecule has 0 aliphatic heterocycles. The van der Waals surface area contributed by atoms with E-state index in [1.807, 2.05) is 70.2 Å². The number of hydrogen-bond donors (Lipinski definition) is 1. The third-order valence-electron chi connectivity index (χ3n) is 5.65. The zero-order valence-corrected chi connectivity index (χ0v) is 20.1. The Morgan fingerprint density at radius 3 is 2.59 bits per heavy atom. The Hall–Kier alpha value is -4.06. The number of pyridine rings is 1. The van der Waals surface area contributed by atoms with Crippen LogP contribution >= 0.6 is 0 Å². The first-order chi connectivity index (χ1) is 16.4. The molecule has 2 aromatic carbocycles. The summed E-state index contributed by atoms with van der Waals surface area (Å²) in [6, 6.07) is 15.4. The molecule has 0 radical (unpaired) electrons. The molecule has 2 aromatic heterocycles. The quantitative estimate of drug-likeness (QED) is 0.319. The molecule has 4 aromatic rings. The highest BCUT2D eigenvalue weighted by atomic mass is 16.5. The van der Waals surface area contributed by atoms with E-state index in [9.17, 15) is 4.79 Å². The Balaban J connectivity index is 1.77. The Morgan fingerprint density at radius 2 is 1.91 bits per heavy atom. The summed E-state index contributed by atoms with van der Waals surface area (Å²) in [5.74, 6) is 1.77. The Morgan fingerprint density at radius 1 is 1.15 bits per heavy atom. The van der Waals surface area contributed by atoms with Crippen molar-refractivity contribution in [3.63, 3.8) is 0 Å². The van der Waals surface area contributed by atoms with Crippen LogP contribution in [0.5, 0.6) is 11.5 Å². The summed E-state index contributed by atoms with van der Waals surface area (Å²) in [5.41, 5.74) is 6.09. The molecule has 0 saturated heterocycles. The highest BCUT2D eigenvalue weighted by Crippen LogP contribution is 2.41. The lowest BCUT2D eigenvalue weighted by Gasteiger charge is -2.15. The van der Waals surface area contributed by atoms with Gasteiger partial charge in [0.2, 0.25) is 5.91 Å². The van der Waals surface area contributed by atoms with E-state index in [0.717, 1.165) is 50.2 Å². The first kappa shape index (κ1) is 23.1. The van der Waals surface area contributed by atoms with Gasteiger partial charge in [-0.05, 0) is 69.2 Å². The van der Waals surface area contributed by atoms with Crippen molar-refractivity contribution < 1.29 is 18.7 Å². The van der Waals surface area contributed by atoms with Crippen molar-refractivity contribution in [3.8, 4) is 22.6 Å². The summed E-state index contributed by atoms with van der Waals surface area (Å²) in [7, 11) is 1.65. The zero-order chi connectivity index (χ0) is 24.2. The number of nitrogens with zero attached hydrogens (tertiary/aromatic N) is 1. The lowest BCUT2D eigenvalue weighted by Crippen LogP contribution is -2.10. The van der Waals surface area contributed by atoms with Gasteiger partial charge in [0.05, 0.1) is 20.0 Å². The first-order valence-corrected chi connectivity index (χ1v) is 11.2. The number of amides is 1. The maximum atomic E-state index is 12.7. The Kier molecular flexibility index (Phi) is 6.68. The Labute approximate surface area is 199 Å². The van der Waals surface area contributed by atoms with Crippen LogP contribution in [0.2, 0.25) is 0 Å². The molecule has 174 valence electrons. The number of carbonyl (C=O) groups is 1. The third kappa shape index (κ3) is 4.66. The minimum Gasteiger partial charge on any atom is -0.497 e. The molecule has 2 heterocycles. The number of rotatable bonds is 7. The molecule has 0 bridgehead atoms. The lowest BCUT2D eigenvalue weighted by atomic mass is 9.96. The van der Waals surface area contributed by atoms with Crippen molar-refractivity contribution in [1.29, 1.82) is 0 Å². The number of benzene rings is 2. The molecular weight excluding hydrogens is 428 g/mol. The summed E-state index contributed by atoms with van der Waals surface area (Å²) < 4.78 is 17.2. The lowest BCUT2D eigenvalue weighted by molar-refractivity contribution is -0.111. The molecular formula is C28H28N2O4. The molecule has 34 heavy (non-hydrogen) atoms. The number of carbonyl (C=O) groups excluding carboxylic acids is 1. The number of anilines is 1. The number of furan rings is 1. The molecule has 0 saturated carbocycles. The van der Waals surface area contributed by atoms with Crippen molar-refractivity contribution in [2.75, 3.05) is 19.0 Å². The first-order valence-electron chi connectivity index (χ1n) is 11.2. The van der Waals surface area contributed by atoms with E-state index in [1.165, 1.54) is 0 Å². The molecule has 4 rings (SSSR count). The van der Waals surface area contributed by atoms with E-state index >= 15 is 0 Å². The molecule has 0 aliphatic rings. The van der Waals surface area contributed by atoms with E-state index < -0.39 is 0 Å². The molecule has 0 fully saturated rings. The van der Waals surface area contributed by atoms with Gasteiger partial charge in [0.25, 0.3) is 0 Å².